The van der Waals surface area contributed by atoms with Crippen molar-refractivity contribution in [2.75, 3.05) is 5.73 Å². The van der Waals surface area contributed by atoms with E-state index in [-0.39, 0.29) is 0 Å². The molecule has 84 valence electrons. The third-order valence-corrected chi connectivity index (χ3v) is 3.77. The van der Waals surface area contributed by atoms with Crippen LogP contribution in [0.4, 0.5) is 5.69 Å². The summed E-state index contributed by atoms with van der Waals surface area (Å²) in [6.07, 6.45) is 1.84. The normalized spacial score (nSPS) is 10.9. The highest BCUT2D eigenvalue weighted by Gasteiger charge is 2.08. The average Bonchev–Trinajstić information content (AvgIpc) is 2.73. The number of anilines is 1. The molecule has 2 heterocycles. The van der Waals surface area contributed by atoms with E-state index in [1.54, 1.807) is 11.3 Å². The molecule has 2 nitrogen and oxygen atoms in total. The maximum atomic E-state index is 6.01. The molecule has 0 atom stereocenters. The van der Waals surface area contributed by atoms with Gasteiger partial charge in [-0.3, -0.25) is 0 Å². The molecule has 0 fully saturated rings. The Bertz CT molecular complexity index is 668. The molecule has 0 aliphatic rings. The molecule has 1 aromatic carbocycles. The second-order valence-corrected chi connectivity index (χ2v) is 4.95. The Morgan fingerprint density at radius 2 is 1.88 bits per heavy atom. The molecule has 0 aliphatic carbocycles. The zero-order valence-corrected chi connectivity index (χ0v) is 10.3. The van der Waals surface area contributed by atoms with Gasteiger partial charge in [-0.25, -0.2) is 4.98 Å². The molecule has 3 rings (SSSR count). The number of pyridine rings is 1. The van der Waals surface area contributed by atoms with Crippen LogP contribution in [0.2, 0.25) is 0 Å². The fourth-order valence-electron chi connectivity index (χ4n) is 1.96. The predicted octanol–water partition coefficient (Wildman–Crippen LogP) is 3.85. The smallest absolute Gasteiger partial charge is 0.125 e. The minimum atomic E-state index is 0.814. The summed E-state index contributed by atoms with van der Waals surface area (Å²) in [6, 6.07) is 10.5. The molecule has 0 saturated heterocycles. The van der Waals surface area contributed by atoms with E-state index in [1.165, 1.54) is 11.1 Å². The van der Waals surface area contributed by atoms with Crippen molar-refractivity contribution < 1.29 is 0 Å². The van der Waals surface area contributed by atoms with Gasteiger partial charge in [0.2, 0.25) is 0 Å². The lowest BCUT2D eigenvalue weighted by Crippen LogP contribution is -1.86. The van der Waals surface area contributed by atoms with Gasteiger partial charge in [0.05, 0.1) is 5.69 Å². The van der Waals surface area contributed by atoms with E-state index < -0.39 is 0 Å². The van der Waals surface area contributed by atoms with Gasteiger partial charge < -0.3 is 5.73 Å². The Morgan fingerprint density at radius 3 is 2.65 bits per heavy atom. The zero-order valence-electron chi connectivity index (χ0n) is 9.47. The monoisotopic (exact) mass is 240 g/mol. The third-order valence-electron chi connectivity index (χ3n) is 2.86. The lowest BCUT2D eigenvalue weighted by Gasteiger charge is -2.04. The Balaban J connectivity index is 2.29. The van der Waals surface area contributed by atoms with Crippen LogP contribution in [0.5, 0.6) is 0 Å². The van der Waals surface area contributed by atoms with E-state index in [9.17, 15) is 0 Å². The van der Waals surface area contributed by atoms with Crippen molar-refractivity contribution in [1.29, 1.82) is 0 Å². The first-order valence-corrected chi connectivity index (χ1v) is 6.32. The number of nitrogens with two attached hydrogens (primary N) is 1. The Hall–Kier alpha value is -1.87. The summed E-state index contributed by atoms with van der Waals surface area (Å²) in [6.45, 7) is 2.09. The molecule has 2 N–H and O–H groups in total. The maximum Gasteiger partial charge on any atom is 0.125 e. The molecule has 0 saturated carbocycles. The van der Waals surface area contributed by atoms with Crippen molar-refractivity contribution in [3.63, 3.8) is 0 Å². The minimum absolute atomic E-state index is 0.814. The Labute approximate surface area is 104 Å². The first-order valence-electron chi connectivity index (χ1n) is 5.44. The lowest BCUT2D eigenvalue weighted by molar-refractivity contribution is 1.43. The number of rotatable bonds is 1. The summed E-state index contributed by atoms with van der Waals surface area (Å²) in [5.74, 6) is 0. The van der Waals surface area contributed by atoms with Gasteiger partial charge >= 0.3 is 0 Å². The fraction of sp³-hybridized carbons (Fsp3) is 0.0714. The van der Waals surface area contributed by atoms with Gasteiger partial charge in [0.25, 0.3) is 0 Å². The van der Waals surface area contributed by atoms with Crippen LogP contribution in [0.3, 0.4) is 0 Å². The number of thiophene rings is 1. The summed E-state index contributed by atoms with van der Waals surface area (Å²) >= 11 is 1.59. The van der Waals surface area contributed by atoms with Crippen molar-refractivity contribution in [3.05, 3.63) is 47.5 Å². The molecule has 0 bridgehead atoms. The predicted molar refractivity (Wildman–Crippen MR) is 74.2 cm³/mol. The standard InChI is InChI=1S/C14H12N2S/c1-9-2-4-10(5-3-9)11-6-7-16-14-13(11)12(15)8-17-14/h2-8H,15H2,1H3. The Morgan fingerprint density at radius 1 is 1.12 bits per heavy atom. The van der Waals surface area contributed by atoms with Crippen molar-refractivity contribution in [1.82, 2.24) is 4.98 Å². The van der Waals surface area contributed by atoms with Gasteiger partial charge in [0.1, 0.15) is 4.83 Å². The third kappa shape index (κ3) is 1.68. The van der Waals surface area contributed by atoms with E-state index in [0.717, 1.165) is 21.5 Å². The molecule has 0 spiro atoms. The molecular formula is C14H12N2S. The van der Waals surface area contributed by atoms with E-state index in [0.29, 0.717) is 0 Å². The van der Waals surface area contributed by atoms with Crippen LogP contribution >= 0.6 is 11.3 Å². The van der Waals surface area contributed by atoms with Gasteiger partial charge in [-0.05, 0) is 24.1 Å². The molecule has 17 heavy (non-hydrogen) atoms. The first kappa shape index (κ1) is 10.3. The second-order valence-electron chi connectivity index (χ2n) is 4.10. The van der Waals surface area contributed by atoms with E-state index in [2.05, 4.69) is 36.2 Å². The molecular weight excluding hydrogens is 228 g/mol. The van der Waals surface area contributed by atoms with Gasteiger partial charge in [0, 0.05) is 17.0 Å². The number of nitrogens with zero attached hydrogens (tertiary/aromatic N) is 1. The van der Waals surface area contributed by atoms with E-state index >= 15 is 0 Å². The van der Waals surface area contributed by atoms with Crippen LogP contribution in [-0.2, 0) is 0 Å². The zero-order chi connectivity index (χ0) is 11.8. The quantitative estimate of drug-likeness (QED) is 0.701. The van der Waals surface area contributed by atoms with Gasteiger partial charge in [0.15, 0.2) is 0 Å². The van der Waals surface area contributed by atoms with Crippen LogP contribution in [0.1, 0.15) is 5.56 Å². The molecule has 0 radical (unpaired) electrons. The van der Waals surface area contributed by atoms with Crippen LogP contribution < -0.4 is 5.73 Å². The van der Waals surface area contributed by atoms with Crippen LogP contribution in [0.15, 0.2) is 41.9 Å². The van der Waals surface area contributed by atoms with Crippen molar-refractivity contribution in [2.45, 2.75) is 6.92 Å². The van der Waals surface area contributed by atoms with Crippen LogP contribution in [0, 0.1) is 6.92 Å². The lowest BCUT2D eigenvalue weighted by atomic mass is 10.0. The van der Waals surface area contributed by atoms with Crippen LogP contribution in [0.25, 0.3) is 21.3 Å². The summed E-state index contributed by atoms with van der Waals surface area (Å²) in [5, 5.41) is 3.02. The van der Waals surface area contributed by atoms with Crippen LogP contribution in [-0.4, -0.2) is 4.98 Å². The number of aryl methyl sites for hydroxylation is 1. The topological polar surface area (TPSA) is 38.9 Å². The average molecular weight is 240 g/mol. The minimum Gasteiger partial charge on any atom is -0.397 e. The van der Waals surface area contributed by atoms with Crippen molar-refractivity contribution in [2.24, 2.45) is 0 Å². The SMILES string of the molecule is Cc1ccc(-c2ccnc3scc(N)c23)cc1. The highest BCUT2D eigenvalue weighted by Crippen LogP contribution is 2.35. The largest absolute Gasteiger partial charge is 0.397 e. The van der Waals surface area contributed by atoms with E-state index in [1.807, 2.05) is 17.6 Å². The van der Waals surface area contributed by atoms with Gasteiger partial charge in [-0.1, -0.05) is 29.8 Å². The molecule has 3 heteroatoms. The van der Waals surface area contributed by atoms with E-state index in [4.69, 9.17) is 5.73 Å². The Kier molecular flexibility index (Phi) is 2.34. The number of nitrogen functional groups attached to an aromatic ring is 1. The number of hydrogen-bond acceptors (Lipinski definition) is 3. The highest BCUT2D eigenvalue weighted by molar-refractivity contribution is 7.17. The summed E-state index contributed by atoms with van der Waals surface area (Å²) in [5.41, 5.74) is 10.4. The molecule has 3 aromatic rings. The number of benzene rings is 1. The van der Waals surface area contributed by atoms with Gasteiger partial charge in [-0.15, -0.1) is 11.3 Å². The van der Waals surface area contributed by atoms with Crippen molar-refractivity contribution in [3.8, 4) is 11.1 Å². The number of hydrogen-bond donors (Lipinski definition) is 1. The highest BCUT2D eigenvalue weighted by atomic mass is 32.1. The molecule has 2 aromatic heterocycles. The maximum absolute atomic E-state index is 6.01. The molecule has 0 unspecified atom stereocenters. The second kappa shape index (κ2) is 3.86. The molecule has 0 aliphatic heterocycles. The molecule has 0 amide bonds. The fourth-order valence-corrected chi connectivity index (χ4v) is 2.79. The number of fused-ring (bicyclic) bond motifs is 1. The summed E-state index contributed by atoms with van der Waals surface area (Å²) in [4.78, 5) is 5.34. The van der Waals surface area contributed by atoms with Gasteiger partial charge in [-0.2, -0.15) is 0 Å². The van der Waals surface area contributed by atoms with Crippen molar-refractivity contribution >= 4 is 27.2 Å². The number of aromatic nitrogens is 1. The summed E-state index contributed by atoms with van der Waals surface area (Å²) in [7, 11) is 0. The summed E-state index contributed by atoms with van der Waals surface area (Å²) < 4.78 is 0. The first-order chi connectivity index (χ1) is 8.25.